The summed E-state index contributed by atoms with van der Waals surface area (Å²) in [5.41, 5.74) is 3.36. The van der Waals surface area contributed by atoms with Crippen molar-refractivity contribution in [3.8, 4) is 16.9 Å². The molecule has 0 bridgehead atoms. The lowest BCUT2D eigenvalue weighted by atomic mass is 9.98. The van der Waals surface area contributed by atoms with Gasteiger partial charge in [-0.2, -0.15) is 13.2 Å². The Hall–Kier alpha value is -2.72. The van der Waals surface area contributed by atoms with Crippen LogP contribution in [0.3, 0.4) is 0 Å². The van der Waals surface area contributed by atoms with E-state index in [1.807, 2.05) is 69.0 Å². The van der Waals surface area contributed by atoms with E-state index in [1.54, 1.807) is 7.11 Å². The molecular formula is C26H27F3NO2P. The largest absolute Gasteiger partial charge is 0.496 e. The molecule has 1 atom stereocenters. The van der Waals surface area contributed by atoms with E-state index in [1.165, 1.54) is 12.1 Å². The number of benzene rings is 3. The average molecular weight is 473 g/mol. The van der Waals surface area contributed by atoms with Gasteiger partial charge in [-0.1, -0.05) is 45.0 Å². The van der Waals surface area contributed by atoms with Crippen LogP contribution in [0.25, 0.3) is 11.1 Å². The predicted octanol–water partition coefficient (Wildman–Crippen LogP) is 7.59. The van der Waals surface area contributed by atoms with E-state index >= 15 is 0 Å². The van der Waals surface area contributed by atoms with Gasteiger partial charge in [0.1, 0.15) is 12.9 Å². The van der Waals surface area contributed by atoms with Crippen molar-refractivity contribution in [2.24, 2.45) is 0 Å². The Morgan fingerprint density at radius 3 is 2.15 bits per heavy atom. The molecular weight excluding hydrogens is 446 g/mol. The lowest BCUT2D eigenvalue weighted by molar-refractivity contribution is -0.137. The average Bonchev–Trinajstić information content (AvgIpc) is 3.07. The van der Waals surface area contributed by atoms with Crippen molar-refractivity contribution >= 4 is 23.8 Å². The molecule has 3 nitrogen and oxygen atoms in total. The Kier molecular flexibility index (Phi) is 5.65. The lowest BCUT2D eigenvalue weighted by Crippen LogP contribution is -2.24. The first-order chi connectivity index (χ1) is 15.4. The molecule has 33 heavy (non-hydrogen) atoms. The summed E-state index contributed by atoms with van der Waals surface area (Å²) in [6, 6.07) is 16.6. The van der Waals surface area contributed by atoms with Crippen LogP contribution >= 0.6 is 7.14 Å². The highest BCUT2D eigenvalue weighted by Gasteiger charge is 2.48. The fraction of sp³-hybridized carbons (Fsp3) is 0.308. The van der Waals surface area contributed by atoms with Crippen LogP contribution in [0, 0.1) is 6.92 Å². The van der Waals surface area contributed by atoms with Crippen LogP contribution in [0.4, 0.5) is 24.5 Å². The van der Waals surface area contributed by atoms with Gasteiger partial charge in [0.2, 0.25) is 0 Å². The molecule has 3 aromatic carbocycles. The van der Waals surface area contributed by atoms with Crippen molar-refractivity contribution in [1.29, 1.82) is 0 Å². The first-order valence-electron chi connectivity index (χ1n) is 10.7. The number of hydrogen-bond acceptors (Lipinski definition) is 3. The summed E-state index contributed by atoms with van der Waals surface area (Å²) in [7, 11) is -1.40. The molecule has 7 heteroatoms. The lowest BCUT2D eigenvalue weighted by Gasteiger charge is -2.30. The van der Waals surface area contributed by atoms with Gasteiger partial charge < -0.3 is 14.2 Å². The second-order valence-corrected chi connectivity index (χ2v) is 12.9. The zero-order valence-electron chi connectivity index (χ0n) is 19.3. The first-order valence-corrected chi connectivity index (χ1v) is 12.6. The summed E-state index contributed by atoms with van der Waals surface area (Å²) >= 11 is 0. The molecule has 174 valence electrons. The van der Waals surface area contributed by atoms with E-state index in [9.17, 15) is 17.7 Å². The van der Waals surface area contributed by atoms with Gasteiger partial charge in [-0.25, -0.2) is 0 Å². The number of methoxy groups -OCH3 is 1. The van der Waals surface area contributed by atoms with E-state index in [2.05, 4.69) is 0 Å². The number of alkyl halides is 3. The summed E-state index contributed by atoms with van der Waals surface area (Å²) in [4.78, 5) is 1.88. The number of hydrogen-bond donors (Lipinski definition) is 0. The molecule has 0 saturated carbocycles. The van der Waals surface area contributed by atoms with Crippen molar-refractivity contribution in [2.45, 2.75) is 39.0 Å². The summed E-state index contributed by atoms with van der Waals surface area (Å²) in [5, 5.41) is 0.207. The number of nitrogens with zero attached hydrogens (tertiary/aromatic N) is 1. The monoisotopic (exact) mass is 473 g/mol. The van der Waals surface area contributed by atoms with Gasteiger partial charge in [0.05, 0.1) is 24.6 Å². The highest BCUT2D eigenvalue weighted by atomic mass is 31.2. The third-order valence-electron chi connectivity index (χ3n) is 6.32. The van der Waals surface area contributed by atoms with Gasteiger partial charge in [0.25, 0.3) is 0 Å². The zero-order chi connectivity index (χ0) is 24.2. The molecule has 1 aliphatic heterocycles. The molecule has 0 amide bonds. The number of ether oxygens (including phenoxy) is 1. The fourth-order valence-electron chi connectivity index (χ4n) is 4.43. The number of halogens is 3. The van der Waals surface area contributed by atoms with Crippen LogP contribution in [-0.2, 0) is 10.7 Å². The third kappa shape index (κ3) is 3.85. The van der Waals surface area contributed by atoms with Crippen LogP contribution in [-0.4, -0.2) is 18.6 Å². The molecule has 3 aromatic rings. The predicted molar refractivity (Wildman–Crippen MR) is 129 cm³/mol. The molecule has 0 N–H and O–H groups in total. The first kappa shape index (κ1) is 23.4. The number of anilines is 2. The molecule has 4 rings (SSSR count). The summed E-state index contributed by atoms with van der Waals surface area (Å²) < 4.78 is 59.6. The Balaban J connectivity index is 1.96. The van der Waals surface area contributed by atoms with Crippen LogP contribution in [0.5, 0.6) is 5.75 Å². The molecule has 1 heterocycles. The zero-order valence-corrected chi connectivity index (χ0v) is 20.2. The Morgan fingerprint density at radius 2 is 1.58 bits per heavy atom. The molecule has 0 spiro atoms. The number of aryl methyl sites for hydroxylation is 1. The quantitative estimate of drug-likeness (QED) is 0.367. The summed E-state index contributed by atoms with van der Waals surface area (Å²) in [6.45, 7) is 7.86. The molecule has 0 radical (unpaired) electrons. The third-order valence-corrected chi connectivity index (χ3v) is 10.4. The number of rotatable bonds is 3. The van der Waals surface area contributed by atoms with Gasteiger partial charge in [-0.15, -0.1) is 0 Å². The maximum absolute atomic E-state index is 14.7. The van der Waals surface area contributed by atoms with Gasteiger partial charge >= 0.3 is 6.18 Å². The normalized spacial score (nSPS) is 18.4. The molecule has 0 saturated heterocycles. The van der Waals surface area contributed by atoms with Crippen molar-refractivity contribution in [2.75, 3.05) is 18.3 Å². The molecule has 0 aromatic heterocycles. The maximum atomic E-state index is 14.7. The maximum Gasteiger partial charge on any atom is 0.416 e. The minimum absolute atomic E-state index is 0.225. The minimum atomic E-state index is -4.41. The van der Waals surface area contributed by atoms with E-state index in [0.29, 0.717) is 11.4 Å². The van der Waals surface area contributed by atoms with Gasteiger partial charge in [-0.05, 0) is 54.4 Å². The molecule has 0 fully saturated rings. The van der Waals surface area contributed by atoms with Crippen LogP contribution in [0.15, 0.2) is 60.7 Å². The molecule has 0 aliphatic carbocycles. The van der Waals surface area contributed by atoms with Crippen molar-refractivity contribution < 1.29 is 22.5 Å². The standard InChI is InChI=1S/C26H27F3NO2P/c1-17-8-6-11-22(32-5)23(17)20-9-7-10-21-24(20)33(31,25(2,3)4)16-30(21)19-14-12-18(13-15-19)26(27,28)29/h6-15H,16H2,1-5H3. The summed E-state index contributed by atoms with van der Waals surface area (Å²) in [6.07, 6.45) is -4.18. The van der Waals surface area contributed by atoms with Crippen LogP contribution < -0.4 is 14.9 Å². The van der Waals surface area contributed by atoms with Crippen LogP contribution in [0.1, 0.15) is 31.9 Å². The SMILES string of the molecule is COc1cccc(C)c1-c1cccc2c1P(=O)(C(C)(C)C)CN2c1ccc(C(F)(F)F)cc1. The van der Waals surface area contributed by atoms with Crippen LogP contribution in [0.2, 0.25) is 0 Å². The highest BCUT2D eigenvalue weighted by molar-refractivity contribution is 7.74. The van der Waals surface area contributed by atoms with E-state index in [4.69, 9.17) is 4.74 Å². The highest BCUT2D eigenvalue weighted by Crippen LogP contribution is 2.65. The van der Waals surface area contributed by atoms with Gasteiger partial charge in [0, 0.05) is 21.7 Å². The molecule has 1 unspecified atom stereocenters. The fourth-order valence-corrected chi connectivity index (χ4v) is 7.52. The smallest absolute Gasteiger partial charge is 0.416 e. The Labute approximate surface area is 192 Å². The van der Waals surface area contributed by atoms with Crippen molar-refractivity contribution in [1.82, 2.24) is 0 Å². The Bertz CT molecular complexity index is 1240. The van der Waals surface area contributed by atoms with E-state index in [0.717, 1.165) is 39.8 Å². The van der Waals surface area contributed by atoms with Gasteiger partial charge in [0.15, 0.2) is 0 Å². The Morgan fingerprint density at radius 1 is 0.939 bits per heavy atom. The van der Waals surface area contributed by atoms with Crippen molar-refractivity contribution in [3.63, 3.8) is 0 Å². The van der Waals surface area contributed by atoms with Gasteiger partial charge in [-0.3, -0.25) is 0 Å². The second-order valence-electron chi connectivity index (χ2n) is 9.35. The topological polar surface area (TPSA) is 29.5 Å². The van der Waals surface area contributed by atoms with E-state index in [-0.39, 0.29) is 6.29 Å². The van der Waals surface area contributed by atoms with E-state index < -0.39 is 24.0 Å². The molecule has 1 aliphatic rings. The number of fused-ring (bicyclic) bond motifs is 1. The minimum Gasteiger partial charge on any atom is -0.496 e. The summed E-state index contributed by atoms with van der Waals surface area (Å²) in [5.74, 6) is 0.692. The second kappa shape index (κ2) is 7.95. The van der Waals surface area contributed by atoms with Crippen molar-refractivity contribution in [3.05, 3.63) is 71.8 Å².